The minimum Gasteiger partial charge on any atom is -0.329 e. The minimum absolute atomic E-state index is 0.0258. The Kier molecular flexibility index (Phi) is 4.54. The summed E-state index contributed by atoms with van der Waals surface area (Å²) in [7, 11) is 0. The van der Waals surface area contributed by atoms with Crippen LogP contribution in [0.25, 0.3) is 10.9 Å². The Balaban J connectivity index is 1.68. The smallest absolute Gasteiger partial charge is 0.329 e. The third-order valence-electron chi connectivity index (χ3n) is 5.24. The zero-order valence-corrected chi connectivity index (χ0v) is 14.9. The standard InChI is InChI=1S/C17H17ClF4N4O/c18-15-10(19)3-4-11-14(15)16(9-6-23-7-9)24-26(11)8-13(27)25-5-1-2-12(25)17(20,21)22/h3-4,9,12,23H,1-2,5-8H2/t12-/m0/s1. The monoisotopic (exact) mass is 404 g/mol. The van der Waals surface area contributed by atoms with Gasteiger partial charge in [-0.3, -0.25) is 9.48 Å². The summed E-state index contributed by atoms with van der Waals surface area (Å²) in [6, 6.07) is 0.866. The number of nitrogens with zero attached hydrogens (tertiary/aromatic N) is 3. The van der Waals surface area contributed by atoms with E-state index >= 15 is 0 Å². The van der Waals surface area contributed by atoms with Gasteiger partial charge in [-0.1, -0.05) is 11.6 Å². The second kappa shape index (κ2) is 6.63. The van der Waals surface area contributed by atoms with Gasteiger partial charge < -0.3 is 10.2 Å². The van der Waals surface area contributed by atoms with Crippen molar-refractivity contribution in [3.05, 3.63) is 28.7 Å². The number of nitrogens with one attached hydrogen (secondary N) is 1. The Bertz CT molecular complexity index is 893. The molecule has 0 radical (unpaired) electrons. The number of likely N-dealkylation sites (tertiary alicyclic amines) is 1. The third kappa shape index (κ3) is 3.16. The molecule has 2 fully saturated rings. The zero-order valence-electron chi connectivity index (χ0n) is 14.2. The first-order valence-corrected chi connectivity index (χ1v) is 9.06. The van der Waals surface area contributed by atoms with E-state index in [1.807, 2.05) is 0 Å². The fourth-order valence-corrected chi connectivity index (χ4v) is 4.00. The molecular weight excluding hydrogens is 388 g/mol. The van der Waals surface area contributed by atoms with Crippen LogP contribution in [0.4, 0.5) is 17.6 Å². The van der Waals surface area contributed by atoms with Gasteiger partial charge in [-0.15, -0.1) is 0 Å². The Labute approximate surface area is 157 Å². The van der Waals surface area contributed by atoms with Crippen LogP contribution < -0.4 is 5.32 Å². The number of carbonyl (C=O) groups is 1. The first kappa shape index (κ1) is 18.5. The summed E-state index contributed by atoms with van der Waals surface area (Å²) in [5.74, 6) is -1.23. The molecule has 146 valence electrons. The molecule has 2 aliphatic rings. The van der Waals surface area contributed by atoms with E-state index in [1.54, 1.807) is 0 Å². The number of fused-ring (bicyclic) bond motifs is 1. The van der Waals surface area contributed by atoms with Crippen molar-refractivity contribution < 1.29 is 22.4 Å². The van der Waals surface area contributed by atoms with Gasteiger partial charge >= 0.3 is 6.18 Å². The summed E-state index contributed by atoms with van der Waals surface area (Å²) in [4.78, 5) is 13.4. The summed E-state index contributed by atoms with van der Waals surface area (Å²) >= 11 is 6.12. The maximum absolute atomic E-state index is 13.9. The molecule has 0 unspecified atom stereocenters. The van der Waals surface area contributed by atoms with Crippen molar-refractivity contribution in [1.29, 1.82) is 0 Å². The molecular formula is C17H17ClF4N4O. The van der Waals surface area contributed by atoms with E-state index in [4.69, 9.17) is 11.6 Å². The van der Waals surface area contributed by atoms with Gasteiger partial charge in [0, 0.05) is 30.9 Å². The molecule has 27 heavy (non-hydrogen) atoms. The van der Waals surface area contributed by atoms with Gasteiger partial charge in [0.2, 0.25) is 5.91 Å². The minimum atomic E-state index is -4.45. The normalized spacial score (nSPS) is 21.1. The van der Waals surface area contributed by atoms with Gasteiger partial charge in [-0.05, 0) is 25.0 Å². The summed E-state index contributed by atoms with van der Waals surface area (Å²) in [6.45, 7) is 1.02. The Hall–Kier alpha value is -1.87. The van der Waals surface area contributed by atoms with Gasteiger partial charge in [-0.2, -0.15) is 18.3 Å². The molecule has 0 aliphatic carbocycles. The lowest BCUT2D eigenvalue weighted by molar-refractivity contribution is -0.183. The molecule has 1 amide bonds. The Morgan fingerprint density at radius 1 is 1.33 bits per heavy atom. The number of halogens is 5. The summed E-state index contributed by atoms with van der Waals surface area (Å²) < 4.78 is 54.7. The molecule has 5 nitrogen and oxygen atoms in total. The molecule has 4 rings (SSSR count). The number of hydrogen-bond donors (Lipinski definition) is 1. The van der Waals surface area contributed by atoms with Crippen molar-refractivity contribution in [1.82, 2.24) is 20.0 Å². The number of benzene rings is 1. The van der Waals surface area contributed by atoms with E-state index in [-0.39, 0.29) is 30.5 Å². The number of carbonyl (C=O) groups excluding carboxylic acids is 1. The van der Waals surface area contributed by atoms with Crippen molar-refractivity contribution in [2.24, 2.45) is 0 Å². The molecule has 1 N–H and O–H groups in total. The highest BCUT2D eigenvalue weighted by Crippen LogP contribution is 2.35. The van der Waals surface area contributed by atoms with Crippen LogP contribution in [0, 0.1) is 5.82 Å². The van der Waals surface area contributed by atoms with Gasteiger partial charge in [0.15, 0.2) is 0 Å². The zero-order chi connectivity index (χ0) is 19.3. The first-order valence-electron chi connectivity index (χ1n) is 8.68. The molecule has 1 aromatic carbocycles. The van der Waals surface area contributed by atoms with Gasteiger partial charge in [0.05, 0.1) is 16.2 Å². The van der Waals surface area contributed by atoms with Crippen LogP contribution in [-0.2, 0) is 11.3 Å². The van der Waals surface area contributed by atoms with E-state index < -0.39 is 23.9 Å². The molecule has 3 heterocycles. The lowest BCUT2D eigenvalue weighted by Crippen LogP contribution is -2.45. The predicted octanol–water partition coefficient (Wildman–Crippen LogP) is 3.07. The van der Waals surface area contributed by atoms with Crippen LogP contribution in [-0.4, -0.2) is 52.4 Å². The lowest BCUT2D eigenvalue weighted by Gasteiger charge is -2.27. The topological polar surface area (TPSA) is 50.2 Å². The number of rotatable bonds is 3. The highest BCUT2D eigenvalue weighted by molar-refractivity contribution is 6.35. The molecule has 10 heteroatoms. The number of hydrogen-bond acceptors (Lipinski definition) is 3. The van der Waals surface area contributed by atoms with Crippen molar-refractivity contribution in [3.8, 4) is 0 Å². The Morgan fingerprint density at radius 3 is 2.70 bits per heavy atom. The maximum atomic E-state index is 13.9. The van der Waals surface area contributed by atoms with E-state index in [2.05, 4.69) is 10.4 Å². The summed E-state index contributed by atoms with van der Waals surface area (Å²) in [5, 5.41) is 7.84. The molecule has 2 saturated heterocycles. The van der Waals surface area contributed by atoms with Crippen LogP contribution >= 0.6 is 11.6 Å². The van der Waals surface area contributed by atoms with Crippen LogP contribution in [0.15, 0.2) is 12.1 Å². The summed E-state index contributed by atoms with van der Waals surface area (Å²) in [5.41, 5.74) is 1.01. The fourth-order valence-electron chi connectivity index (χ4n) is 3.75. The number of aromatic nitrogens is 2. The van der Waals surface area contributed by atoms with Crippen molar-refractivity contribution in [3.63, 3.8) is 0 Å². The van der Waals surface area contributed by atoms with E-state index in [9.17, 15) is 22.4 Å². The molecule has 2 aromatic rings. The average Bonchev–Trinajstić information content (AvgIpc) is 3.15. The average molecular weight is 405 g/mol. The highest BCUT2D eigenvalue weighted by atomic mass is 35.5. The quantitative estimate of drug-likeness (QED) is 0.800. The van der Waals surface area contributed by atoms with Crippen LogP contribution in [0.2, 0.25) is 5.02 Å². The fraction of sp³-hybridized carbons (Fsp3) is 0.529. The van der Waals surface area contributed by atoms with E-state index in [0.717, 1.165) is 4.90 Å². The van der Waals surface area contributed by atoms with Crippen LogP contribution in [0.5, 0.6) is 0 Å². The van der Waals surface area contributed by atoms with E-state index in [1.165, 1.54) is 16.8 Å². The molecule has 2 aliphatic heterocycles. The first-order chi connectivity index (χ1) is 12.8. The number of alkyl halides is 3. The molecule has 1 aromatic heterocycles. The second-order valence-electron chi connectivity index (χ2n) is 6.94. The van der Waals surface area contributed by atoms with Gasteiger partial charge in [-0.25, -0.2) is 4.39 Å². The van der Waals surface area contributed by atoms with Crippen LogP contribution in [0.1, 0.15) is 24.5 Å². The number of amides is 1. The predicted molar refractivity (Wildman–Crippen MR) is 91.1 cm³/mol. The maximum Gasteiger partial charge on any atom is 0.408 e. The molecule has 0 bridgehead atoms. The third-order valence-corrected chi connectivity index (χ3v) is 5.61. The SMILES string of the molecule is O=C(Cn1nc(C2CNC2)c2c(Cl)c(F)ccc21)N1CCC[C@H]1C(F)(F)F. The van der Waals surface area contributed by atoms with E-state index in [0.29, 0.717) is 36.1 Å². The van der Waals surface area contributed by atoms with Crippen molar-refractivity contribution >= 4 is 28.4 Å². The second-order valence-corrected chi connectivity index (χ2v) is 7.32. The molecule has 0 spiro atoms. The van der Waals surface area contributed by atoms with Gasteiger partial charge in [0.25, 0.3) is 0 Å². The van der Waals surface area contributed by atoms with Gasteiger partial charge in [0.1, 0.15) is 18.4 Å². The summed E-state index contributed by atoms with van der Waals surface area (Å²) in [6.07, 6.45) is -4.23. The van der Waals surface area contributed by atoms with Crippen molar-refractivity contribution in [2.75, 3.05) is 19.6 Å². The largest absolute Gasteiger partial charge is 0.408 e. The molecule has 1 atom stereocenters. The Morgan fingerprint density at radius 2 is 2.07 bits per heavy atom. The van der Waals surface area contributed by atoms with Crippen molar-refractivity contribution in [2.45, 2.75) is 37.5 Å². The lowest BCUT2D eigenvalue weighted by atomic mass is 9.96. The van der Waals surface area contributed by atoms with Crippen LogP contribution in [0.3, 0.4) is 0 Å². The highest BCUT2D eigenvalue weighted by Gasteiger charge is 2.47. The molecule has 0 saturated carbocycles.